The number of benzene rings is 1. The minimum atomic E-state index is -0.389. The standard InChI is InChI=1S/C15H16ClN5O2/c16-14-3-2-13(21(22)23)10-12(14)11-19-6-8-20(9-7-19)15-17-4-1-5-18-15/h1-5,10H,6-9,11H2/p+1. The second-order valence-electron chi connectivity index (χ2n) is 5.50. The Morgan fingerprint density at radius 1 is 1.26 bits per heavy atom. The number of aromatic nitrogens is 2. The Bertz CT molecular complexity index is 690. The van der Waals surface area contributed by atoms with Crippen LogP contribution in [0.1, 0.15) is 5.56 Å². The number of nitrogens with one attached hydrogen (secondary N) is 1. The molecule has 0 saturated carbocycles. The van der Waals surface area contributed by atoms with Gasteiger partial charge in [-0.15, -0.1) is 0 Å². The summed E-state index contributed by atoms with van der Waals surface area (Å²) < 4.78 is 0. The third kappa shape index (κ3) is 3.75. The van der Waals surface area contributed by atoms with Crippen molar-refractivity contribution in [3.63, 3.8) is 0 Å². The van der Waals surface area contributed by atoms with E-state index in [1.807, 2.05) is 0 Å². The quantitative estimate of drug-likeness (QED) is 0.665. The lowest BCUT2D eigenvalue weighted by molar-refractivity contribution is -0.914. The van der Waals surface area contributed by atoms with Crippen molar-refractivity contribution in [3.8, 4) is 0 Å². The predicted molar refractivity (Wildman–Crippen MR) is 86.8 cm³/mol. The van der Waals surface area contributed by atoms with Crippen molar-refractivity contribution in [3.05, 3.63) is 57.4 Å². The summed E-state index contributed by atoms with van der Waals surface area (Å²) in [5, 5.41) is 11.5. The number of nitro benzene ring substituents is 1. The van der Waals surface area contributed by atoms with E-state index in [-0.39, 0.29) is 10.6 Å². The van der Waals surface area contributed by atoms with Crippen LogP contribution in [0.2, 0.25) is 5.02 Å². The van der Waals surface area contributed by atoms with Gasteiger partial charge >= 0.3 is 0 Å². The number of piperazine rings is 1. The van der Waals surface area contributed by atoms with Crippen LogP contribution in [0.3, 0.4) is 0 Å². The molecule has 8 heteroatoms. The van der Waals surface area contributed by atoms with E-state index in [1.54, 1.807) is 30.6 Å². The summed E-state index contributed by atoms with van der Waals surface area (Å²) >= 11 is 6.18. The second-order valence-corrected chi connectivity index (χ2v) is 5.90. The number of hydrogen-bond acceptors (Lipinski definition) is 5. The summed E-state index contributed by atoms with van der Waals surface area (Å²) in [4.78, 5) is 22.5. The average molecular weight is 335 g/mol. The van der Waals surface area contributed by atoms with Crippen LogP contribution < -0.4 is 9.80 Å². The highest BCUT2D eigenvalue weighted by molar-refractivity contribution is 6.31. The largest absolute Gasteiger partial charge is 0.330 e. The third-order valence-electron chi connectivity index (χ3n) is 3.99. The van der Waals surface area contributed by atoms with E-state index < -0.39 is 0 Å². The fourth-order valence-corrected chi connectivity index (χ4v) is 2.92. The summed E-state index contributed by atoms with van der Waals surface area (Å²) in [5.41, 5.74) is 0.903. The lowest BCUT2D eigenvalue weighted by atomic mass is 10.1. The molecule has 2 heterocycles. The molecule has 0 aliphatic carbocycles. The van der Waals surface area contributed by atoms with Crippen molar-refractivity contribution >= 4 is 23.2 Å². The molecular formula is C15H17ClN5O2+. The van der Waals surface area contributed by atoms with Crippen molar-refractivity contribution in [2.75, 3.05) is 31.1 Å². The van der Waals surface area contributed by atoms with Gasteiger partial charge in [0, 0.05) is 35.1 Å². The number of nitrogens with zero attached hydrogens (tertiary/aromatic N) is 4. The van der Waals surface area contributed by atoms with E-state index >= 15 is 0 Å². The van der Waals surface area contributed by atoms with E-state index in [0.717, 1.165) is 37.7 Å². The van der Waals surface area contributed by atoms with Crippen molar-refractivity contribution in [1.29, 1.82) is 0 Å². The van der Waals surface area contributed by atoms with Crippen molar-refractivity contribution in [2.45, 2.75) is 6.54 Å². The fourth-order valence-electron chi connectivity index (χ4n) is 2.73. The number of quaternary nitrogens is 1. The molecule has 1 N–H and O–H groups in total. The van der Waals surface area contributed by atoms with Crippen LogP contribution in [0, 0.1) is 10.1 Å². The van der Waals surface area contributed by atoms with Gasteiger partial charge < -0.3 is 9.80 Å². The molecule has 0 atom stereocenters. The molecule has 0 bridgehead atoms. The molecule has 2 aromatic rings. The number of non-ortho nitro benzene ring substituents is 1. The predicted octanol–water partition coefficient (Wildman–Crippen LogP) is 0.943. The van der Waals surface area contributed by atoms with Gasteiger partial charge in [-0.25, -0.2) is 9.97 Å². The summed E-state index contributed by atoms with van der Waals surface area (Å²) in [6, 6.07) is 6.41. The van der Waals surface area contributed by atoms with Gasteiger partial charge in [-0.05, 0) is 12.1 Å². The minimum Gasteiger partial charge on any atom is -0.330 e. The van der Waals surface area contributed by atoms with Crippen LogP contribution in [0.5, 0.6) is 0 Å². The summed E-state index contributed by atoms with van der Waals surface area (Å²) in [5.74, 6) is 0.750. The lowest BCUT2D eigenvalue weighted by Crippen LogP contribution is -3.13. The third-order valence-corrected chi connectivity index (χ3v) is 4.35. The minimum absolute atomic E-state index is 0.0834. The van der Waals surface area contributed by atoms with Gasteiger partial charge in [-0.1, -0.05) is 11.6 Å². The van der Waals surface area contributed by atoms with Gasteiger partial charge in [0.05, 0.1) is 31.1 Å². The monoisotopic (exact) mass is 334 g/mol. The summed E-state index contributed by atoms with van der Waals surface area (Å²) in [7, 11) is 0. The molecule has 1 aliphatic rings. The Balaban J connectivity index is 1.63. The van der Waals surface area contributed by atoms with Crippen LogP contribution in [0.25, 0.3) is 0 Å². The Morgan fingerprint density at radius 3 is 2.61 bits per heavy atom. The Labute approximate surface area is 138 Å². The molecule has 0 radical (unpaired) electrons. The molecule has 23 heavy (non-hydrogen) atoms. The zero-order chi connectivity index (χ0) is 16.2. The zero-order valence-corrected chi connectivity index (χ0v) is 13.2. The van der Waals surface area contributed by atoms with Crippen molar-refractivity contribution < 1.29 is 9.82 Å². The first-order chi connectivity index (χ1) is 11.1. The molecule has 0 amide bonds. The molecule has 1 aromatic heterocycles. The molecular weight excluding hydrogens is 318 g/mol. The van der Waals surface area contributed by atoms with Crippen LogP contribution in [0.4, 0.5) is 11.6 Å². The molecule has 1 fully saturated rings. The number of hydrogen-bond donors (Lipinski definition) is 1. The van der Waals surface area contributed by atoms with Crippen molar-refractivity contribution in [2.24, 2.45) is 0 Å². The zero-order valence-electron chi connectivity index (χ0n) is 12.5. The Kier molecular flexibility index (Phi) is 4.68. The van der Waals surface area contributed by atoms with Crippen LogP contribution >= 0.6 is 11.6 Å². The van der Waals surface area contributed by atoms with Gasteiger partial charge in [0.2, 0.25) is 5.95 Å². The second kappa shape index (κ2) is 6.89. The van der Waals surface area contributed by atoms with Gasteiger partial charge in [-0.2, -0.15) is 0 Å². The summed E-state index contributed by atoms with van der Waals surface area (Å²) in [6.07, 6.45) is 3.48. The lowest BCUT2D eigenvalue weighted by Gasteiger charge is -2.32. The molecule has 1 aromatic carbocycles. The normalized spacial score (nSPS) is 15.6. The maximum atomic E-state index is 10.9. The average Bonchev–Trinajstić information content (AvgIpc) is 2.58. The van der Waals surface area contributed by atoms with E-state index in [1.165, 1.54) is 11.0 Å². The highest BCUT2D eigenvalue weighted by atomic mass is 35.5. The number of anilines is 1. The van der Waals surface area contributed by atoms with Gasteiger partial charge in [-0.3, -0.25) is 10.1 Å². The highest BCUT2D eigenvalue weighted by Crippen LogP contribution is 2.21. The first-order valence-electron chi connectivity index (χ1n) is 7.42. The maximum Gasteiger partial charge on any atom is 0.270 e. The first-order valence-corrected chi connectivity index (χ1v) is 7.79. The SMILES string of the molecule is O=[N+]([O-])c1ccc(Cl)c(C[NH+]2CCN(c3ncccn3)CC2)c1. The number of halogens is 1. The van der Waals surface area contributed by atoms with Crippen molar-refractivity contribution in [1.82, 2.24) is 9.97 Å². The number of rotatable bonds is 4. The fraction of sp³-hybridized carbons (Fsp3) is 0.333. The van der Waals surface area contributed by atoms with Crippen LogP contribution in [-0.2, 0) is 6.54 Å². The smallest absolute Gasteiger partial charge is 0.270 e. The number of nitro groups is 1. The van der Waals surface area contributed by atoms with E-state index in [0.29, 0.717) is 11.6 Å². The maximum absolute atomic E-state index is 10.9. The first kappa shape index (κ1) is 15.6. The Hall–Kier alpha value is -2.25. The topological polar surface area (TPSA) is 76.6 Å². The molecule has 7 nitrogen and oxygen atoms in total. The van der Waals surface area contributed by atoms with Crippen LogP contribution in [0.15, 0.2) is 36.7 Å². The molecule has 3 rings (SSSR count). The van der Waals surface area contributed by atoms with Gasteiger partial charge in [0.15, 0.2) is 0 Å². The molecule has 1 aliphatic heterocycles. The highest BCUT2D eigenvalue weighted by Gasteiger charge is 2.23. The van der Waals surface area contributed by atoms with Gasteiger partial charge in [0.1, 0.15) is 6.54 Å². The van der Waals surface area contributed by atoms with E-state index in [9.17, 15) is 10.1 Å². The van der Waals surface area contributed by atoms with E-state index in [4.69, 9.17) is 11.6 Å². The molecule has 0 spiro atoms. The summed E-state index contributed by atoms with van der Waals surface area (Å²) in [6.45, 7) is 4.22. The van der Waals surface area contributed by atoms with Gasteiger partial charge in [0.25, 0.3) is 5.69 Å². The van der Waals surface area contributed by atoms with Crippen LogP contribution in [-0.4, -0.2) is 41.1 Å². The Morgan fingerprint density at radius 2 is 1.96 bits per heavy atom. The molecule has 1 saturated heterocycles. The molecule has 0 unspecified atom stereocenters. The van der Waals surface area contributed by atoms with E-state index in [2.05, 4.69) is 14.9 Å². The molecule has 120 valence electrons.